The lowest BCUT2D eigenvalue weighted by Gasteiger charge is -2.37. The van der Waals surface area contributed by atoms with E-state index in [1.54, 1.807) is 13.0 Å². The SMILES string of the molecule is C/C=C(\C(F)=C/CC1OCC(C2CCC(C)CC2)CO1)C1CCC(C(F)(F)Oc2cc(F)c(OC(F)F)c(F)c2)CC1.C=C. The first-order valence-corrected chi connectivity index (χ1v) is 15.2. The summed E-state index contributed by atoms with van der Waals surface area (Å²) in [5.41, 5.74) is 0.432. The second-order valence-corrected chi connectivity index (χ2v) is 11.7. The summed E-state index contributed by atoms with van der Waals surface area (Å²) in [4.78, 5) is 0. The van der Waals surface area contributed by atoms with E-state index in [4.69, 9.17) is 9.47 Å². The Kier molecular flexibility index (Phi) is 13.6. The highest BCUT2D eigenvalue weighted by molar-refractivity contribution is 5.35. The first-order chi connectivity index (χ1) is 21.0. The van der Waals surface area contributed by atoms with Gasteiger partial charge in [0.25, 0.3) is 0 Å². The molecule has 1 aromatic carbocycles. The summed E-state index contributed by atoms with van der Waals surface area (Å²) < 4.78 is 118. The zero-order valence-corrected chi connectivity index (χ0v) is 25.3. The summed E-state index contributed by atoms with van der Waals surface area (Å²) in [6.45, 7) is 7.69. The Balaban J connectivity index is 0.00000259. The van der Waals surface area contributed by atoms with Gasteiger partial charge in [0.15, 0.2) is 23.7 Å². The predicted molar refractivity (Wildman–Crippen MR) is 153 cm³/mol. The fourth-order valence-corrected chi connectivity index (χ4v) is 6.39. The number of hydrogen-bond donors (Lipinski definition) is 0. The molecular formula is C33H43F7O4. The number of allylic oxidation sites excluding steroid dienone is 3. The minimum absolute atomic E-state index is 0.0178. The van der Waals surface area contributed by atoms with Gasteiger partial charge in [-0.3, -0.25) is 0 Å². The van der Waals surface area contributed by atoms with Crippen LogP contribution in [0, 0.1) is 41.2 Å². The standard InChI is InChI=1S/C31H39F7O4.C2H4/c1-3-24(25(32)12-13-28-39-16-21(17-40-28)19-6-4-18(2)5-7-19)20-8-10-22(11-9-20)31(37,38)42-23-14-26(33)29(27(34)15-23)41-30(35)36;1-2/h3,12,14-15,18-22,28,30H,4-11,13,16-17H2,1-2H3;1-2H2/b24-3-,25-12+;. The van der Waals surface area contributed by atoms with Crippen LogP contribution in [-0.2, 0) is 9.47 Å². The Morgan fingerprint density at radius 2 is 1.52 bits per heavy atom. The van der Waals surface area contributed by atoms with Gasteiger partial charge in [-0.2, -0.15) is 17.6 Å². The topological polar surface area (TPSA) is 36.9 Å². The molecule has 3 fully saturated rings. The van der Waals surface area contributed by atoms with Crippen LogP contribution < -0.4 is 9.47 Å². The molecule has 248 valence electrons. The largest absolute Gasteiger partial charge is 0.432 e. The molecule has 0 unspecified atom stereocenters. The number of halogens is 7. The van der Waals surface area contributed by atoms with E-state index in [0.717, 1.165) is 5.92 Å². The van der Waals surface area contributed by atoms with Crippen molar-refractivity contribution in [1.29, 1.82) is 0 Å². The van der Waals surface area contributed by atoms with Crippen molar-refractivity contribution < 1.29 is 49.7 Å². The zero-order chi connectivity index (χ0) is 32.4. The van der Waals surface area contributed by atoms with Crippen molar-refractivity contribution >= 4 is 0 Å². The first-order valence-electron chi connectivity index (χ1n) is 15.2. The summed E-state index contributed by atoms with van der Waals surface area (Å²) in [7, 11) is 0. The van der Waals surface area contributed by atoms with Crippen LogP contribution in [0.25, 0.3) is 0 Å². The molecule has 2 aliphatic carbocycles. The molecule has 0 bridgehead atoms. The third kappa shape index (κ3) is 9.73. The average molecular weight is 637 g/mol. The molecule has 1 aromatic rings. The molecule has 0 amide bonds. The van der Waals surface area contributed by atoms with Crippen LogP contribution in [-0.4, -0.2) is 32.2 Å². The van der Waals surface area contributed by atoms with Crippen molar-refractivity contribution in [2.45, 2.75) is 90.6 Å². The lowest BCUT2D eigenvalue weighted by atomic mass is 9.76. The van der Waals surface area contributed by atoms with E-state index in [9.17, 15) is 26.3 Å². The van der Waals surface area contributed by atoms with Gasteiger partial charge >= 0.3 is 12.7 Å². The van der Waals surface area contributed by atoms with Crippen molar-refractivity contribution in [2.75, 3.05) is 13.2 Å². The number of alkyl halides is 4. The van der Waals surface area contributed by atoms with Crippen molar-refractivity contribution in [3.05, 3.63) is 60.5 Å². The maximum absolute atomic E-state index is 15.2. The van der Waals surface area contributed by atoms with Gasteiger partial charge in [0.2, 0.25) is 0 Å². The fraction of sp³-hybridized carbons (Fsp3) is 0.636. The molecule has 0 radical (unpaired) electrons. The van der Waals surface area contributed by atoms with E-state index in [1.807, 2.05) is 0 Å². The normalized spacial score (nSPS) is 28.7. The highest BCUT2D eigenvalue weighted by Crippen LogP contribution is 2.44. The molecule has 11 heteroatoms. The van der Waals surface area contributed by atoms with Crippen molar-refractivity contribution in [2.24, 2.45) is 29.6 Å². The minimum atomic E-state index is -3.79. The quantitative estimate of drug-likeness (QED) is 0.146. The Bertz CT molecular complexity index is 1080. The Morgan fingerprint density at radius 3 is 2.05 bits per heavy atom. The highest BCUT2D eigenvalue weighted by atomic mass is 19.3. The third-order valence-electron chi connectivity index (χ3n) is 8.87. The van der Waals surface area contributed by atoms with Gasteiger partial charge in [0, 0.05) is 24.5 Å². The Labute approximate surface area is 255 Å². The molecule has 1 aliphatic heterocycles. The molecule has 0 spiro atoms. The second kappa shape index (κ2) is 16.7. The molecule has 1 heterocycles. The number of rotatable bonds is 10. The summed E-state index contributed by atoms with van der Waals surface area (Å²) in [6.07, 6.45) is 4.31. The molecule has 0 aromatic heterocycles. The maximum Gasteiger partial charge on any atom is 0.400 e. The lowest BCUT2D eigenvalue weighted by molar-refractivity contribution is -0.223. The Hall–Kier alpha value is -2.53. The Morgan fingerprint density at radius 1 is 0.955 bits per heavy atom. The highest BCUT2D eigenvalue weighted by Gasteiger charge is 2.45. The molecule has 1 saturated heterocycles. The van der Waals surface area contributed by atoms with Crippen molar-refractivity contribution in [3.8, 4) is 11.5 Å². The van der Waals surface area contributed by atoms with Crippen LogP contribution in [0.15, 0.2) is 48.8 Å². The van der Waals surface area contributed by atoms with Crippen LogP contribution in [0.5, 0.6) is 11.5 Å². The molecule has 44 heavy (non-hydrogen) atoms. The third-order valence-corrected chi connectivity index (χ3v) is 8.87. The molecule has 4 nitrogen and oxygen atoms in total. The molecule has 4 rings (SSSR count). The van der Waals surface area contributed by atoms with Gasteiger partial charge < -0.3 is 18.9 Å². The van der Waals surface area contributed by atoms with Crippen LogP contribution >= 0.6 is 0 Å². The van der Waals surface area contributed by atoms with Crippen molar-refractivity contribution in [1.82, 2.24) is 0 Å². The minimum Gasteiger partial charge on any atom is -0.432 e. The number of hydrogen-bond acceptors (Lipinski definition) is 4. The van der Waals surface area contributed by atoms with Crippen LogP contribution in [0.2, 0.25) is 0 Å². The molecule has 0 atom stereocenters. The van der Waals surface area contributed by atoms with Gasteiger partial charge in [-0.05, 0) is 74.9 Å². The van der Waals surface area contributed by atoms with E-state index in [0.29, 0.717) is 42.8 Å². The van der Waals surface area contributed by atoms with E-state index in [-0.39, 0.29) is 38.0 Å². The monoisotopic (exact) mass is 636 g/mol. The summed E-state index contributed by atoms with van der Waals surface area (Å²) >= 11 is 0. The van der Waals surface area contributed by atoms with E-state index in [1.165, 1.54) is 31.8 Å². The lowest BCUT2D eigenvalue weighted by Crippen LogP contribution is -2.37. The average Bonchev–Trinajstić information content (AvgIpc) is 3.00. The number of benzene rings is 1. The van der Waals surface area contributed by atoms with Crippen LogP contribution in [0.1, 0.15) is 71.6 Å². The molecular weight excluding hydrogens is 593 g/mol. The molecule has 3 aliphatic rings. The summed E-state index contributed by atoms with van der Waals surface area (Å²) in [5, 5.41) is 0. The zero-order valence-electron chi connectivity index (χ0n) is 25.3. The second-order valence-electron chi connectivity index (χ2n) is 11.7. The number of ether oxygens (including phenoxy) is 4. The van der Waals surface area contributed by atoms with Gasteiger partial charge in [0.1, 0.15) is 11.6 Å². The van der Waals surface area contributed by atoms with E-state index >= 15 is 4.39 Å². The van der Waals surface area contributed by atoms with Crippen molar-refractivity contribution in [3.63, 3.8) is 0 Å². The fourth-order valence-electron chi connectivity index (χ4n) is 6.39. The maximum atomic E-state index is 15.2. The van der Waals surface area contributed by atoms with Gasteiger partial charge in [-0.1, -0.05) is 25.8 Å². The first kappa shape index (κ1) is 35.9. The van der Waals surface area contributed by atoms with E-state index < -0.39 is 53.9 Å². The van der Waals surface area contributed by atoms with Gasteiger partial charge in [-0.25, -0.2) is 13.2 Å². The van der Waals surface area contributed by atoms with Gasteiger partial charge in [0.05, 0.1) is 19.1 Å². The van der Waals surface area contributed by atoms with Crippen LogP contribution in [0.4, 0.5) is 30.7 Å². The molecule has 0 N–H and O–H groups in total. The summed E-state index contributed by atoms with van der Waals surface area (Å²) in [5.74, 6) is -5.68. The van der Waals surface area contributed by atoms with Crippen LogP contribution in [0.3, 0.4) is 0 Å². The van der Waals surface area contributed by atoms with Gasteiger partial charge in [-0.15, -0.1) is 13.2 Å². The predicted octanol–water partition coefficient (Wildman–Crippen LogP) is 10.2. The molecule has 2 saturated carbocycles. The summed E-state index contributed by atoms with van der Waals surface area (Å²) in [6, 6.07) is 0.740. The van der Waals surface area contributed by atoms with E-state index in [2.05, 4.69) is 29.6 Å². The smallest absolute Gasteiger partial charge is 0.400 e.